The number of aryl methyl sites for hydroxylation is 1. The summed E-state index contributed by atoms with van der Waals surface area (Å²) in [6.07, 6.45) is 1.05. The Morgan fingerprint density at radius 2 is 1.72 bits per heavy atom. The maximum Gasteiger partial charge on any atom is 0.407 e. The van der Waals surface area contributed by atoms with Gasteiger partial charge in [-0.25, -0.2) is 4.79 Å². The van der Waals surface area contributed by atoms with Crippen LogP contribution in [0.2, 0.25) is 0 Å². The lowest BCUT2D eigenvalue weighted by atomic mass is 9.96. The molecule has 25 heavy (non-hydrogen) atoms. The Morgan fingerprint density at radius 3 is 2.28 bits per heavy atom. The van der Waals surface area contributed by atoms with E-state index in [0.29, 0.717) is 44.1 Å². The maximum atomic E-state index is 11.7. The van der Waals surface area contributed by atoms with Crippen molar-refractivity contribution in [2.75, 3.05) is 13.1 Å². The van der Waals surface area contributed by atoms with Crippen LogP contribution in [0.3, 0.4) is 0 Å². The van der Waals surface area contributed by atoms with Crippen LogP contribution < -0.4 is 10.6 Å². The summed E-state index contributed by atoms with van der Waals surface area (Å²) in [6, 6.07) is 0. The van der Waals surface area contributed by atoms with Crippen LogP contribution in [-0.4, -0.2) is 40.8 Å². The molecular formula is C17H30N4O4. The number of nitrogens with one attached hydrogen (secondary N) is 2. The van der Waals surface area contributed by atoms with Gasteiger partial charge >= 0.3 is 6.09 Å². The first-order valence-corrected chi connectivity index (χ1v) is 8.54. The van der Waals surface area contributed by atoms with E-state index in [0.717, 1.165) is 0 Å². The van der Waals surface area contributed by atoms with Crippen LogP contribution in [0.15, 0.2) is 4.52 Å². The largest absolute Gasteiger partial charge is 0.444 e. The minimum absolute atomic E-state index is 0.0819. The van der Waals surface area contributed by atoms with Gasteiger partial charge in [-0.3, -0.25) is 4.79 Å². The third kappa shape index (κ3) is 9.07. The molecule has 0 aromatic carbocycles. The summed E-state index contributed by atoms with van der Waals surface area (Å²) in [6.45, 7) is 12.1. The second kappa shape index (κ2) is 8.82. The molecule has 2 N–H and O–H groups in total. The summed E-state index contributed by atoms with van der Waals surface area (Å²) in [5, 5.41) is 9.27. The molecule has 1 aromatic rings. The lowest BCUT2D eigenvalue weighted by Gasteiger charge is -2.19. The normalized spacial score (nSPS) is 11.9. The first kappa shape index (κ1) is 20.9. The van der Waals surface area contributed by atoms with Crippen molar-refractivity contribution in [3.63, 3.8) is 0 Å². The molecule has 0 radical (unpaired) electrons. The van der Waals surface area contributed by atoms with Crippen molar-refractivity contribution in [3.05, 3.63) is 11.7 Å². The number of alkyl carbamates (subject to hydrolysis) is 1. The molecular weight excluding hydrogens is 324 g/mol. The van der Waals surface area contributed by atoms with Gasteiger partial charge in [-0.1, -0.05) is 25.9 Å². The van der Waals surface area contributed by atoms with Crippen molar-refractivity contribution in [2.24, 2.45) is 0 Å². The van der Waals surface area contributed by atoms with E-state index in [-0.39, 0.29) is 11.3 Å². The molecule has 0 aliphatic rings. The SMILES string of the molecule is CC(C)(C)OC(=O)NCCNC(=O)CCCc1nc(C(C)(C)C)no1. The average Bonchev–Trinajstić information content (AvgIpc) is 2.90. The number of carbonyl (C=O) groups excluding carboxylic acids is 2. The predicted molar refractivity (Wildman–Crippen MR) is 93.2 cm³/mol. The van der Waals surface area contributed by atoms with E-state index in [1.54, 1.807) is 20.8 Å². The second-order valence-electron chi connectivity index (χ2n) is 7.89. The lowest BCUT2D eigenvalue weighted by Crippen LogP contribution is -2.37. The Balaban J connectivity index is 2.15. The number of carbonyl (C=O) groups is 2. The van der Waals surface area contributed by atoms with E-state index in [1.807, 2.05) is 20.8 Å². The van der Waals surface area contributed by atoms with E-state index < -0.39 is 11.7 Å². The Morgan fingerprint density at radius 1 is 1.08 bits per heavy atom. The minimum Gasteiger partial charge on any atom is -0.444 e. The molecule has 0 aliphatic heterocycles. The van der Waals surface area contributed by atoms with Crippen LogP contribution in [0.5, 0.6) is 0 Å². The highest BCUT2D eigenvalue weighted by atomic mass is 16.6. The van der Waals surface area contributed by atoms with E-state index >= 15 is 0 Å². The van der Waals surface area contributed by atoms with Gasteiger partial charge in [-0.2, -0.15) is 4.98 Å². The van der Waals surface area contributed by atoms with E-state index in [9.17, 15) is 9.59 Å². The fraction of sp³-hybridized carbons (Fsp3) is 0.765. The van der Waals surface area contributed by atoms with Gasteiger partial charge in [-0.15, -0.1) is 0 Å². The smallest absolute Gasteiger partial charge is 0.407 e. The summed E-state index contributed by atoms with van der Waals surface area (Å²) in [7, 11) is 0. The van der Waals surface area contributed by atoms with Crippen molar-refractivity contribution >= 4 is 12.0 Å². The van der Waals surface area contributed by atoms with Crippen LogP contribution in [0.1, 0.15) is 66.1 Å². The molecule has 0 bridgehead atoms. The Hall–Kier alpha value is -2.12. The summed E-state index contributed by atoms with van der Waals surface area (Å²) in [4.78, 5) is 27.5. The predicted octanol–water partition coefficient (Wildman–Crippen LogP) is 2.33. The van der Waals surface area contributed by atoms with Crippen LogP contribution in [0, 0.1) is 0 Å². The molecule has 8 heteroatoms. The number of hydrogen-bond donors (Lipinski definition) is 2. The van der Waals surface area contributed by atoms with Gasteiger partial charge in [0.2, 0.25) is 11.8 Å². The second-order valence-corrected chi connectivity index (χ2v) is 7.89. The highest BCUT2D eigenvalue weighted by Crippen LogP contribution is 2.18. The standard InChI is InChI=1S/C17H30N4O4/c1-16(2,3)14-20-13(25-21-14)9-7-8-12(22)18-10-11-19-15(23)24-17(4,5)6/h7-11H2,1-6H3,(H,18,22)(H,19,23). The summed E-state index contributed by atoms with van der Waals surface area (Å²) in [5.41, 5.74) is -0.685. The van der Waals surface area contributed by atoms with Crippen LogP contribution in [-0.2, 0) is 21.4 Å². The molecule has 0 aliphatic carbocycles. The van der Waals surface area contributed by atoms with Gasteiger partial charge in [0.05, 0.1) is 0 Å². The number of hydrogen-bond acceptors (Lipinski definition) is 6. The maximum absolute atomic E-state index is 11.7. The first-order valence-electron chi connectivity index (χ1n) is 8.54. The van der Waals surface area contributed by atoms with Gasteiger partial charge in [0.25, 0.3) is 0 Å². The van der Waals surface area contributed by atoms with Crippen LogP contribution in [0.4, 0.5) is 4.79 Å². The monoisotopic (exact) mass is 354 g/mol. The van der Waals surface area contributed by atoms with Gasteiger partial charge < -0.3 is 19.9 Å². The van der Waals surface area contributed by atoms with Gasteiger partial charge in [0.15, 0.2) is 5.82 Å². The fourth-order valence-corrected chi connectivity index (χ4v) is 1.83. The van der Waals surface area contributed by atoms with Crippen LogP contribution in [0.25, 0.3) is 0 Å². The van der Waals surface area contributed by atoms with Crippen molar-refractivity contribution < 1.29 is 18.8 Å². The van der Waals surface area contributed by atoms with Gasteiger partial charge in [-0.05, 0) is 27.2 Å². The average molecular weight is 354 g/mol. The van der Waals surface area contributed by atoms with Gasteiger partial charge in [0.1, 0.15) is 5.60 Å². The van der Waals surface area contributed by atoms with Crippen molar-refractivity contribution in [2.45, 2.75) is 71.8 Å². The Labute approximate surface area is 149 Å². The molecule has 0 spiro atoms. The highest BCUT2D eigenvalue weighted by Gasteiger charge is 2.20. The van der Waals surface area contributed by atoms with Crippen molar-refractivity contribution in [1.82, 2.24) is 20.8 Å². The fourth-order valence-electron chi connectivity index (χ4n) is 1.83. The zero-order valence-corrected chi connectivity index (χ0v) is 16.1. The first-order chi connectivity index (χ1) is 11.5. The third-order valence-electron chi connectivity index (χ3n) is 3.05. The third-order valence-corrected chi connectivity index (χ3v) is 3.05. The lowest BCUT2D eigenvalue weighted by molar-refractivity contribution is -0.121. The quantitative estimate of drug-likeness (QED) is 0.728. The van der Waals surface area contributed by atoms with E-state index in [1.165, 1.54) is 0 Å². The molecule has 8 nitrogen and oxygen atoms in total. The Bertz CT molecular complexity index is 570. The molecule has 0 fully saturated rings. The van der Waals surface area contributed by atoms with Gasteiger partial charge in [0, 0.05) is 31.3 Å². The topological polar surface area (TPSA) is 106 Å². The minimum atomic E-state index is -0.533. The summed E-state index contributed by atoms with van der Waals surface area (Å²) in [5.74, 6) is 1.13. The number of rotatable bonds is 7. The zero-order valence-electron chi connectivity index (χ0n) is 16.1. The van der Waals surface area contributed by atoms with E-state index in [2.05, 4.69) is 20.8 Å². The number of aromatic nitrogens is 2. The zero-order chi connectivity index (χ0) is 19.1. The van der Waals surface area contributed by atoms with E-state index in [4.69, 9.17) is 9.26 Å². The Kier molecular flexibility index (Phi) is 7.38. The summed E-state index contributed by atoms with van der Waals surface area (Å²) >= 11 is 0. The number of ether oxygens (including phenoxy) is 1. The molecule has 1 heterocycles. The molecule has 142 valence electrons. The number of amides is 2. The molecule has 0 saturated carbocycles. The van der Waals surface area contributed by atoms with Crippen molar-refractivity contribution in [1.29, 1.82) is 0 Å². The molecule has 0 saturated heterocycles. The number of nitrogens with zero attached hydrogens (tertiary/aromatic N) is 2. The van der Waals surface area contributed by atoms with Crippen LogP contribution >= 0.6 is 0 Å². The molecule has 0 atom stereocenters. The molecule has 2 amide bonds. The molecule has 1 rings (SSSR count). The molecule has 1 aromatic heterocycles. The summed E-state index contributed by atoms with van der Waals surface area (Å²) < 4.78 is 10.3. The molecule has 0 unspecified atom stereocenters. The highest BCUT2D eigenvalue weighted by molar-refractivity contribution is 5.75. The van der Waals surface area contributed by atoms with Crippen molar-refractivity contribution in [3.8, 4) is 0 Å².